The number of amides is 2. The standard InChI is InChI=1S/C27H27N5O3/c1-3-35-24(33)17-28-27(34)31-18-22-19(2)29-32(21-13-8-5-9-14-21)26(22)30-16-10-15-23(30)25(31)20-11-6-4-7-12-20/h4-16,25H,3,17-18H2,1-2H3,(H,28,34)/t25-/m0/s1. The molecule has 2 aromatic heterocycles. The van der Waals surface area contributed by atoms with Crippen LogP contribution in [0.2, 0.25) is 0 Å². The maximum absolute atomic E-state index is 13.5. The summed E-state index contributed by atoms with van der Waals surface area (Å²) in [5.41, 5.74) is 4.61. The van der Waals surface area contributed by atoms with E-state index in [9.17, 15) is 9.59 Å². The maximum Gasteiger partial charge on any atom is 0.325 e. The molecule has 1 aliphatic heterocycles. The second-order valence-corrected chi connectivity index (χ2v) is 8.34. The predicted octanol–water partition coefficient (Wildman–Crippen LogP) is 4.15. The van der Waals surface area contributed by atoms with Gasteiger partial charge in [0.05, 0.1) is 36.3 Å². The molecule has 178 valence electrons. The van der Waals surface area contributed by atoms with Gasteiger partial charge in [-0.25, -0.2) is 9.48 Å². The highest BCUT2D eigenvalue weighted by molar-refractivity contribution is 5.81. The number of hydrogen-bond acceptors (Lipinski definition) is 4. The zero-order valence-electron chi connectivity index (χ0n) is 19.7. The first-order valence-corrected chi connectivity index (χ1v) is 11.6. The Morgan fingerprint density at radius 1 is 1.03 bits per heavy atom. The molecule has 0 fully saturated rings. The van der Waals surface area contributed by atoms with Crippen LogP contribution in [-0.4, -0.2) is 44.4 Å². The van der Waals surface area contributed by atoms with E-state index in [1.807, 2.05) is 90.6 Å². The van der Waals surface area contributed by atoms with Gasteiger partial charge in [0.1, 0.15) is 12.4 Å². The molecular formula is C27H27N5O3. The Morgan fingerprint density at radius 2 is 1.74 bits per heavy atom. The molecule has 2 amide bonds. The van der Waals surface area contributed by atoms with Gasteiger partial charge < -0.3 is 19.5 Å². The predicted molar refractivity (Wildman–Crippen MR) is 131 cm³/mol. The van der Waals surface area contributed by atoms with Crippen LogP contribution in [-0.2, 0) is 16.1 Å². The number of para-hydroxylation sites is 1. The molecule has 2 aromatic carbocycles. The Kier molecular flexibility index (Phi) is 6.10. The van der Waals surface area contributed by atoms with Crippen molar-refractivity contribution in [2.24, 2.45) is 0 Å². The van der Waals surface area contributed by atoms with Gasteiger partial charge >= 0.3 is 12.0 Å². The zero-order valence-corrected chi connectivity index (χ0v) is 19.7. The molecule has 8 heteroatoms. The van der Waals surface area contributed by atoms with Crippen LogP contribution in [0.4, 0.5) is 4.79 Å². The van der Waals surface area contributed by atoms with Gasteiger partial charge in [-0.1, -0.05) is 48.5 Å². The Bertz CT molecular complexity index is 1340. The summed E-state index contributed by atoms with van der Waals surface area (Å²) in [5.74, 6) is 0.430. The van der Waals surface area contributed by atoms with Crippen LogP contribution < -0.4 is 5.32 Å². The van der Waals surface area contributed by atoms with Crippen molar-refractivity contribution in [2.45, 2.75) is 26.4 Å². The quantitative estimate of drug-likeness (QED) is 0.445. The lowest BCUT2D eigenvalue weighted by molar-refractivity contribution is -0.141. The normalized spacial score (nSPS) is 14.6. The number of nitrogens with zero attached hydrogens (tertiary/aromatic N) is 4. The summed E-state index contributed by atoms with van der Waals surface area (Å²) >= 11 is 0. The molecule has 5 rings (SSSR count). The van der Waals surface area contributed by atoms with Gasteiger partial charge in [-0.15, -0.1) is 0 Å². The van der Waals surface area contributed by atoms with Crippen molar-refractivity contribution in [2.75, 3.05) is 13.2 Å². The van der Waals surface area contributed by atoms with E-state index >= 15 is 0 Å². The zero-order chi connectivity index (χ0) is 24.4. The first-order valence-electron chi connectivity index (χ1n) is 11.6. The number of benzene rings is 2. The molecule has 0 radical (unpaired) electrons. The molecule has 4 aromatic rings. The monoisotopic (exact) mass is 469 g/mol. The number of ether oxygens (including phenoxy) is 1. The fourth-order valence-electron chi connectivity index (χ4n) is 4.60. The molecule has 0 saturated carbocycles. The third-order valence-electron chi connectivity index (χ3n) is 6.15. The van der Waals surface area contributed by atoms with Crippen molar-refractivity contribution in [3.8, 4) is 11.5 Å². The average Bonchev–Trinajstić information content (AvgIpc) is 3.44. The van der Waals surface area contributed by atoms with Crippen LogP contribution in [0, 0.1) is 6.92 Å². The highest BCUT2D eigenvalue weighted by atomic mass is 16.5. The van der Waals surface area contributed by atoms with Gasteiger partial charge in [0.15, 0.2) is 0 Å². The van der Waals surface area contributed by atoms with E-state index < -0.39 is 5.97 Å². The summed E-state index contributed by atoms with van der Waals surface area (Å²) in [6.45, 7) is 4.09. The van der Waals surface area contributed by atoms with E-state index in [2.05, 4.69) is 9.88 Å². The van der Waals surface area contributed by atoms with Crippen LogP contribution >= 0.6 is 0 Å². The third-order valence-corrected chi connectivity index (χ3v) is 6.15. The van der Waals surface area contributed by atoms with Gasteiger partial charge in [0.25, 0.3) is 0 Å². The van der Waals surface area contributed by atoms with Crippen LogP contribution in [0.15, 0.2) is 79.0 Å². The molecule has 1 atom stereocenters. The number of aromatic nitrogens is 3. The van der Waals surface area contributed by atoms with E-state index in [0.29, 0.717) is 6.54 Å². The Balaban J connectivity index is 1.64. The van der Waals surface area contributed by atoms with E-state index in [-0.39, 0.29) is 25.2 Å². The molecule has 35 heavy (non-hydrogen) atoms. The van der Waals surface area contributed by atoms with Gasteiger partial charge in [-0.3, -0.25) is 4.79 Å². The summed E-state index contributed by atoms with van der Waals surface area (Å²) in [6.07, 6.45) is 2.00. The Hall–Kier alpha value is -4.33. The fourth-order valence-corrected chi connectivity index (χ4v) is 4.60. The smallest absolute Gasteiger partial charge is 0.325 e. The topological polar surface area (TPSA) is 81.4 Å². The lowest BCUT2D eigenvalue weighted by Gasteiger charge is -2.31. The number of nitrogens with one attached hydrogen (secondary N) is 1. The number of fused-ring (bicyclic) bond motifs is 3. The number of urea groups is 1. The van der Waals surface area contributed by atoms with Crippen molar-refractivity contribution >= 4 is 12.0 Å². The minimum atomic E-state index is -0.468. The number of aryl methyl sites for hydroxylation is 1. The van der Waals surface area contributed by atoms with Crippen molar-refractivity contribution in [3.05, 3.63) is 102 Å². The van der Waals surface area contributed by atoms with Crippen molar-refractivity contribution in [1.29, 1.82) is 0 Å². The van der Waals surface area contributed by atoms with Gasteiger partial charge in [0, 0.05) is 11.8 Å². The van der Waals surface area contributed by atoms with Gasteiger partial charge in [-0.2, -0.15) is 5.10 Å². The van der Waals surface area contributed by atoms with E-state index in [1.165, 1.54) is 0 Å². The van der Waals surface area contributed by atoms with E-state index in [0.717, 1.165) is 34.0 Å². The molecule has 0 spiro atoms. The van der Waals surface area contributed by atoms with Crippen LogP contribution in [0.25, 0.3) is 11.5 Å². The minimum absolute atomic E-state index is 0.194. The van der Waals surface area contributed by atoms with Crippen LogP contribution in [0.3, 0.4) is 0 Å². The third kappa shape index (κ3) is 4.19. The summed E-state index contributed by atoms with van der Waals surface area (Å²) in [6, 6.07) is 23.2. The Morgan fingerprint density at radius 3 is 2.46 bits per heavy atom. The lowest BCUT2D eigenvalue weighted by atomic mass is 10.0. The second kappa shape index (κ2) is 9.50. The maximum atomic E-state index is 13.5. The fraction of sp³-hybridized carbons (Fsp3) is 0.222. The highest BCUT2D eigenvalue weighted by Gasteiger charge is 2.36. The van der Waals surface area contributed by atoms with Gasteiger partial charge in [-0.05, 0) is 43.7 Å². The first kappa shape index (κ1) is 22.5. The largest absolute Gasteiger partial charge is 0.465 e. The number of carbonyl (C=O) groups is 2. The van der Waals surface area contributed by atoms with Crippen molar-refractivity contribution < 1.29 is 14.3 Å². The second-order valence-electron chi connectivity index (χ2n) is 8.34. The van der Waals surface area contributed by atoms with Crippen LogP contribution in [0.1, 0.15) is 35.5 Å². The van der Waals surface area contributed by atoms with E-state index in [4.69, 9.17) is 9.84 Å². The number of hydrogen-bond donors (Lipinski definition) is 1. The summed E-state index contributed by atoms with van der Waals surface area (Å²) in [7, 11) is 0. The molecule has 0 unspecified atom stereocenters. The number of esters is 1. The molecule has 1 aliphatic rings. The number of carbonyl (C=O) groups excluding carboxylic acids is 2. The molecule has 1 N–H and O–H groups in total. The minimum Gasteiger partial charge on any atom is -0.465 e. The summed E-state index contributed by atoms with van der Waals surface area (Å²) < 4.78 is 9.03. The summed E-state index contributed by atoms with van der Waals surface area (Å²) in [5, 5.41) is 7.59. The van der Waals surface area contributed by atoms with Crippen molar-refractivity contribution in [1.82, 2.24) is 24.6 Å². The van der Waals surface area contributed by atoms with Gasteiger partial charge in [0.2, 0.25) is 0 Å². The lowest BCUT2D eigenvalue weighted by Crippen LogP contribution is -2.44. The van der Waals surface area contributed by atoms with Crippen molar-refractivity contribution in [3.63, 3.8) is 0 Å². The molecule has 0 aliphatic carbocycles. The molecular weight excluding hydrogens is 442 g/mol. The Labute approximate surface area is 203 Å². The van der Waals surface area contributed by atoms with E-state index in [1.54, 1.807) is 11.8 Å². The average molecular weight is 470 g/mol. The molecule has 0 saturated heterocycles. The first-order chi connectivity index (χ1) is 17.1. The summed E-state index contributed by atoms with van der Waals surface area (Å²) in [4.78, 5) is 27.3. The van der Waals surface area contributed by atoms with Crippen LogP contribution in [0.5, 0.6) is 0 Å². The number of rotatable bonds is 5. The molecule has 3 heterocycles. The molecule has 8 nitrogen and oxygen atoms in total. The SMILES string of the molecule is CCOC(=O)CNC(=O)N1Cc2c(C)nn(-c3ccccc3)c2-n2cccc2[C@@H]1c1ccccc1. The highest BCUT2D eigenvalue weighted by Crippen LogP contribution is 2.38. The molecule has 0 bridgehead atoms.